The second kappa shape index (κ2) is 5.63. The second-order valence-electron chi connectivity index (χ2n) is 4.81. The first-order chi connectivity index (χ1) is 9.79. The Balaban J connectivity index is 2.09. The van der Waals surface area contributed by atoms with E-state index in [0.717, 1.165) is 35.5 Å². The molecule has 0 aliphatic heterocycles. The van der Waals surface area contributed by atoms with Crippen LogP contribution >= 0.6 is 11.6 Å². The smallest absolute Gasteiger partial charge is 0.111 e. The summed E-state index contributed by atoms with van der Waals surface area (Å²) in [5.41, 5.74) is 4.42. The SMILES string of the molecule is Cc1cccnc1Cn1c(CCCl)nc2ccccc21. The van der Waals surface area contributed by atoms with Gasteiger partial charge in [-0.2, -0.15) is 0 Å². The Morgan fingerprint density at radius 2 is 2.00 bits per heavy atom. The van der Waals surface area contributed by atoms with Crippen molar-refractivity contribution in [3.8, 4) is 0 Å². The molecule has 3 nitrogen and oxygen atoms in total. The predicted molar refractivity (Wildman–Crippen MR) is 82.2 cm³/mol. The van der Waals surface area contributed by atoms with Gasteiger partial charge in [0.15, 0.2) is 0 Å². The molecule has 0 aliphatic rings. The van der Waals surface area contributed by atoms with Crippen LogP contribution in [0.2, 0.25) is 0 Å². The normalized spacial score (nSPS) is 11.1. The summed E-state index contributed by atoms with van der Waals surface area (Å²) in [7, 11) is 0. The van der Waals surface area contributed by atoms with Gasteiger partial charge in [0.05, 0.1) is 23.3 Å². The molecule has 0 radical (unpaired) electrons. The number of alkyl halides is 1. The van der Waals surface area contributed by atoms with Gasteiger partial charge >= 0.3 is 0 Å². The van der Waals surface area contributed by atoms with E-state index in [2.05, 4.69) is 33.6 Å². The number of imidazole rings is 1. The molecule has 0 aliphatic carbocycles. The topological polar surface area (TPSA) is 30.7 Å². The van der Waals surface area contributed by atoms with Gasteiger partial charge in [-0.1, -0.05) is 18.2 Å². The first-order valence-corrected chi connectivity index (χ1v) is 7.23. The van der Waals surface area contributed by atoms with E-state index in [1.807, 2.05) is 30.5 Å². The van der Waals surface area contributed by atoms with E-state index in [1.165, 1.54) is 5.56 Å². The Hall–Kier alpha value is -1.87. The summed E-state index contributed by atoms with van der Waals surface area (Å²) >= 11 is 5.90. The molecule has 3 aromatic rings. The summed E-state index contributed by atoms with van der Waals surface area (Å²) in [5, 5.41) is 0. The van der Waals surface area contributed by atoms with Gasteiger partial charge in [0.2, 0.25) is 0 Å². The van der Waals surface area contributed by atoms with Crippen LogP contribution in [0.25, 0.3) is 11.0 Å². The number of aromatic nitrogens is 3. The van der Waals surface area contributed by atoms with Crippen LogP contribution in [0.1, 0.15) is 17.1 Å². The zero-order valence-electron chi connectivity index (χ0n) is 11.4. The van der Waals surface area contributed by atoms with Crippen LogP contribution in [0.15, 0.2) is 42.6 Å². The number of rotatable bonds is 4. The summed E-state index contributed by atoms with van der Waals surface area (Å²) in [6.45, 7) is 2.82. The van der Waals surface area contributed by atoms with Crippen LogP contribution in [0.5, 0.6) is 0 Å². The molecule has 3 rings (SSSR count). The molecular formula is C16H16ClN3. The van der Waals surface area contributed by atoms with E-state index in [-0.39, 0.29) is 0 Å². The van der Waals surface area contributed by atoms with Gasteiger partial charge in [0.25, 0.3) is 0 Å². The highest BCUT2D eigenvalue weighted by atomic mass is 35.5. The van der Waals surface area contributed by atoms with E-state index in [4.69, 9.17) is 11.6 Å². The fourth-order valence-electron chi connectivity index (χ4n) is 2.41. The molecule has 0 fully saturated rings. The van der Waals surface area contributed by atoms with E-state index >= 15 is 0 Å². The van der Waals surface area contributed by atoms with Crippen molar-refractivity contribution in [1.82, 2.24) is 14.5 Å². The highest BCUT2D eigenvalue weighted by molar-refractivity contribution is 6.17. The van der Waals surface area contributed by atoms with Gasteiger partial charge in [0.1, 0.15) is 5.82 Å². The Morgan fingerprint density at radius 1 is 1.15 bits per heavy atom. The molecule has 0 amide bonds. The lowest BCUT2D eigenvalue weighted by Crippen LogP contribution is -2.08. The lowest BCUT2D eigenvalue weighted by Gasteiger charge is -2.10. The van der Waals surface area contributed by atoms with Gasteiger partial charge in [0, 0.05) is 18.5 Å². The van der Waals surface area contributed by atoms with Crippen molar-refractivity contribution >= 4 is 22.6 Å². The van der Waals surface area contributed by atoms with Crippen LogP contribution in [0.3, 0.4) is 0 Å². The number of nitrogens with zero attached hydrogens (tertiary/aromatic N) is 3. The molecule has 4 heteroatoms. The number of aryl methyl sites for hydroxylation is 2. The second-order valence-corrected chi connectivity index (χ2v) is 5.19. The summed E-state index contributed by atoms with van der Waals surface area (Å²) < 4.78 is 2.22. The Morgan fingerprint density at radius 3 is 2.80 bits per heavy atom. The van der Waals surface area contributed by atoms with Crippen molar-refractivity contribution in [3.63, 3.8) is 0 Å². The Labute approximate surface area is 123 Å². The summed E-state index contributed by atoms with van der Waals surface area (Å²) in [4.78, 5) is 9.16. The van der Waals surface area contributed by atoms with Crippen molar-refractivity contribution in [2.24, 2.45) is 0 Å². The highest BCUT2D eigenvalue weighted by Crippen LogP contribution is 2.19. The quantitative estimate of drug-likeness (QED) is 0.686. The zero-order chi connectivity index (χ0) is 13.9. The van der Waals surface area contributed by atoms with E-state index in [1.54, 1.807) is 0 Å². The van der Waals surface area contributed by atoms with Gasteiger partial charge in [-0.05, 0) is 30.7 Å². The molecule has 0 saturated heterocycles. The van der Waals surface area contributed by atoms with Gasteiger partial charge in [-0.3, -0.25) is 4.98 Å². The van der Waals surface area contributed by atoms with Crippen molar-refractivity contribution in [3.05, 3.63) is 59.7 Å². The van der Waals surface area contributed by atoms with Gasteiger partial charge < -0.3 is 4.57 Å². The number of halogens is 1. The third kappa shape index (κ3) is 2.41. The molecule has 2 aromatic heterocycles. The maximum atomic E-state index is 5.90. The van der Waals surface area contributed by atoms with Crippen LogP contribution in [0.4, 0.5) is 0 Å². The molecule has 0 unspecified atom stereocenters. The van der Waals surface area contributed by atoms with Gasteiger partial charge in [-0.15, -0.1) is 11.6 Å². The number of fused-ring (bicyclic) bond motifs is 1. The van der Waals surface area contributed by atoms with E-state index in [9.17, 15) is 0 Å². The van der Waals surface area contributed by atoms with Crippen LogP contribution in [0, 0.1) is 6.92 Å². The van der Waals surface area contributed by atoms with E-state index < -0.39 is 0 Å². The minimum atomic E-state index is 0.574. The Kier molecular flexibility index (Phi) is 3.70. The first kappa shape index (κ1) is 13.1. The third-order valence-corrected chi connectivity index (χ3v) is 3.67. The molecule has 0 bridgehead atoms. The summed E-state index contributed by atoms with van der Waals surface area (Å²) in [6, 6.07) is 12.2. The molecule has 102 valence electrons. The number of benzene rings is 1. The standard InChI is InChI=1S/C16H16ClN3/c1-12-5-4-10-18-14(12)11-20-15-7-3-2-6-13(15)19-16(20)8-9-17/h2-7,10H,8-9,11H2,1H3. The minimum Gasteiger partial charge on any atom is -0.322 e. The average Bonchev–Trinajstić information content (AvgIpc) is 2.80. The lowest BCUT2D eigenvalue weighted by molar-refractivity contribution is 0.733. The molecule has 2 heterocycles. The van der Waals surface area contributed by atoms with Crippen molar-refractivity contribution in [2.45, 2.75) is 19.9 Å². The summed E-state index contributed by atoms with van der Waals surface area (Å²) in [5.74, 6) is 1.59. The van der Waals surface area contributed by atoms with Gasteiger partial charge in [-0.25, -0.2) is 4.98 Å². The first-order valence-electron chi connectivity index (χ1n) is 6.70. The fourth-order valence-corrected chi connectivity index (χ4v) is 2.58. The average molecular weight is 286 g/mol. The monoisotopic (exact) mass is 285 g/mol. The summed E-state index contributed by atoms with van der Waals surface area (Å²) in [6.07, 6.45) is 2.60. The molecule has 20 heavy (non-hydrogen) atoms. The number of pyridine rings is 1. The fraction of sp³-hybridized carbons (Fsp3) is 0.250. The van der Waals surface area contributed by atoms with Crippen LogP contribution in [-0.2, 0) is 13.0 Å². The van der Waals surface area contributed by atoms with E-state index in [0.29, 0.717) is 5.88 Å². The molecule has 0 atom stereocenters. The Bertz CT molecular complexity index is 733. The lowest BCUT2D eigenvalue weighted by atomic mass is 10.2. The molecule has 0 spiro atoms. The number of hydrogen-bond acceptors (Lipinski definition) is 2. The maximum absolute atomic E-state index is 5.90. The number of para-hydroxylation sites is 2. The third-order valence-electron chi connectivity index (χ3n) is 3.48. The predicted octanol–water partition coefficient (Wildman–Crippen LogP) is 3.57. The van der Waals surface area contributed by atoms with Crippen molar-refractivity contribution in [1.29, 1.82) is 0 Å². The zero-order valence-corrected chi connectivity index (χ0v) is 12.1. The van der Waals surface area contributed by atoms with Crippen LogP contribution in [-0.4, -0.2) is 20.4 Å². The minimum absolute atomic E-state index is 0.574. The molecule has 0 N–H and O–H groups in total. The van der Waals surface area contributed by atoms with Crippen LogP contribution < -0.4 is 0 Å². The van der Waals surface area contributed by atoms with Crippen molar-refractivity contribution < 1.29 is 0 Å². The largest absolute Gasteiger partial charge is 0.322 e. The number of hydrogen-bond donors (Lipinski definition) is 0. The molecule has 0 saturated carbocycles. The molecule has 1 aromatic carbocycles. The maximum Gasteiger partial charge on any atom is 0.111 e. The molecular weight excluding hydrogens is 270 g/mol. The highest BCUT2D eigenvalue weighted by Gasteiger charge is 2.11. The van der Waals surface area contributed by atoms with Crippen molar-refractivity contribution in [2.75, 3.05) is 5.88 Å².